The second-order valence-corrected chi connectivity index (χ2v) is 6.98. The first-order valence-electron chi connectivity index (χ1n) is 8.50. The molecular formula is C20H20BrNO4. The lowest BCUT2D eigenvalue weighted by Crippen LogP contribution is -2.29. The van der Waals surface area contributed by atoms with Crippen molar-refractivity contribution in [1.82, 2.24) is 0 Å². The highest BCUT2D eigenvalue weighted by molar-refractivity contribution is 9.10. The molecule has 0 atom stereocenters. The highest BCUT2D eigenvalue weighted by Gasteiger charge is 2.35. The summed E-state index contributed by atoms with van der Waals surface area (Å²) in [4.78, 5) is 26.1. The van der Waals surface area contributed by atoms with Gasteiger partial charge in [-0.3, -0.25) is 9.59 Å². The van der Waals surface area contributed by atoms with Gasteiger partial charge in [0.15, 0.2) is 11.5 Å². The molecule has 0 radical (unpaired) electrons. The molecule has 0 N–H and O–H groups in total. The SMILES string of the molecule is CCCCOc1ccc(CN2C(=O)C(=O)c3cc(Br)ccc32)cc1OC. The van der Waals surface area contributed by atoms with Gasteiger partial charge in [0.25, 0.3) is 11.7 Å². The molecule has 26 heavy (non-hydrogen) atoms. The third-order valence-corrected chi connectivity index (χ3v) is 4.75. The van der Waals surface area contributed by atoms with Gasteiger partial charge in [-0.05, 0) is 42.3 Å². The van der Waals surface area contributed by atoms with Gasteiger partial charge in [-0.15, -0.1) is 0 Å². The molecule has 1 aliphatic rings. The molecule has 5 nitrogen and oxygen atoms in total. The molecule has 0 fully saturated rings. The van der Waals surface area contributed by atoms with Gasteiger partial charge in [0.1, 0.15) is 0 Å². The minimum Gasteiger partial charge on any atom is -0.493 e. The number of fused-ring (bicyclic) bond motifs is 1. The number of ether oxygens (including phenoxy) is 2. The summed E-state index contributed by atoms with van der Waals surface area (Å²) in [5, 5.41) is 0. The number of nitrogens with zero attached hydrogens (tertiary/aromatic N) is 1. The molecule has 136 valence electrons. The number of benzene rings is 2. The number of carbonyl (C=O) groups excluding carboxylic acids is 2. The minimum atomic E-state index is -0.514. The summed E-state index contributed by atoms with van der Waals surface area (Å²) in [5.74, 6) is 0.304. The monoisotopic (exact) mass is 417 g/mol. The van der Waals surface area contributed by atoms with Crippen LogP contribution in [0.5, 0.6) is 11.5 Å². The lowest BCUT2D eigenvalue weighted by atomic mass is 10.1. The van der Waals surface area contributed by atoms with E-state index >= 15 is 0 Å². The molecule has 0 aliphatic carbocycles. The summed E-state index contributed by atoms with van der Waals surface area (Å²) in [6.45, 7) is 3.03. The topological polar surface area (TPSA) is 55.8 Å². The van der Waals surface area contributed by atoms with Crippen LogP contribution in [0, 0.1) is 0 Å². The van der Waals surface area contributed by atoms with Gasteiger partial charge in [0, 0.05) is 4.47 Å². The van der Waals surface area contributed by atoms with Crippen LogP contribution >= 0.6 is 15.9 Å². The minimum absolute atomic E-state index is 0.296. The van der Waals surface area contributed by atoms with Crippen molar-refractivity contribution in [3.05, 3.63) is 52.0 Å². The molecule has 1 amide bonds. The Labute approximate surface area is 161 Å². The predicted molar refractivity (Wildman–Crippen MR) is 103 cm³/mol. The fraction of sp³-hybridized carbons (Fsp3) is 0.300. The normalized spacial score (nSPS) is 13.1. The number of anilines is 1. The summed E-state index contributed by atoms with van der Waals surface area (Å²) < 4.78 is 11.9. The molecule has 0 unspecified atom stereocenters. The molecule has 6 heteroatoms. The number of methoxy groups -OCH3 is 1. The van der Waals surface area contributed by atoms with Crippen LogP contribution in [0.1, 0.15) is 35.7 Å². The molecule has 1 heterocycles. The van der Waals surface area contributed by atoms with Crippen LogP contribution in [0.4, 0.5) is 5.69 Å². The first-order valence-corrected chi connectivity index (χ1v) is 9.30. The maximum atomic E-state index is 12.4. The third kappa shape index (κ3) is 3.60. The summed E-state index contributed by atoms with van der Waals surface area (Å²) >= 11 is 3.34. The Bertz CT molecular complexity index is 850. The Morgan fingerprint density at radius 2 is 1.88 bits per heavy atom. The van der Waals surface area contributed by atoms with E-state index in [0.717, 1.165) is 22.9 Å². The van der Waals surface area contributed by atoms with Crippen LogP contribution in [-0.2, 0) is 11.3 Å². The van der Waals surface area contributed by atoms with Crippen LogP contribution in [0.2, 0.25) is 0 Å². The highest BCUT2D eigenvalue weighted by atomic mass is 79.9. The van der Waals surface area contributed by atoms with E-state index in [2.05, 4.69) is 22.9 Å². The smallest absolute Gasteiger partial charge is 0.299 e. The molecule has 0 spiro atoms. The molecule has 0 aromatic heterocycles. The number of Topliss-reactive ketones (excluding diaryl/α,β-unsaturated/α-hetero) is 1. The van der Waals surface area contributed by atoms with Gasteiger partial charge < -0.3 is 14.4 Å². The number of rotatable bonds is 7. The van der Waals surface area contributed by atoms with Crippen molar-refractivity contribution < 1.29 is 19.1 Å². The second kappa shape index (κ2) is 7.91. The average Bonchev–Trinajstić information content (AvgIpc) is 2.87. The number of hydrogen-bond acceptors (Lipinski definition) is 4. The number of halogens is 1. The largest absolute Gasteiger partial charge is 0.493 e. The molecule has 0 saturated carbocycles. The Hall–Kier alpha value is -2.34. The number of amides is 1. The van der Waals surface area contributed by atoms with Crippen molar-refractivity contribution in [1.29, 1.82) is 0 Å². The van der Waals surface area contributed by atoms with Crippen LogP contribution in [0.25, 0.3) is 0 Å². The van der Waals surface area contributed by atoms with Gasteiger partial charge >= 0.3 is 0 Å². The molecule has 2 aromatic carbocycles. The Balaban J connectivity index is 1.83. The zero-order chi connectivity index (χ0) is 18.7. The molecule has 3 rings (SSSR count). The van der Waals surface area contributed by atoms with Crippen molar-refractivity contribution >= 4 is 33.3 Å². The van der Waals surface area contributed by atoms with E-state index in [1.54, 1.807) is 19.2 Å². The van der Waals surface area contributed by atoms with Crippen LogP contribution < -0.4 is 14.4 Å². The van der Waals surface area contributed by atoms with Crippen molar-refractivity contribution in [3.8, 4) is 11.5 Å². The van der Waals surface area contributed by atoms with E-state index in [9.17, 15) is 9.59 Å². The number of unbranched alkanes of at least 4 members (excludes halogenated alkanes) is 1. The quantitative estimate of drug-likeness (QED) is 0.495. The highest BCUT2D eigenvalue weighted by Crippen LogP contribution is 2.34. The zero-order valence-electron chi connectivity index (χ0n) is 14.8. The van der Waals surface area contributed by atoms with Crippen LogP contribution in [0.3, 0.4) is 0 Å². The van der Waals surface area contributed by atoms with Gasteiger partial charge in [0.05, 0.1) is 31.5 Å². The number of carbonyl (C=O) groups is 2. The van der Waals surface area contributed by atoms with Gasteiger partial charge in [0.2, 0.25) is 0 Å². The van der Waals surface area contributed by atoms with Crippen LogP contribution in [0.15, 0.2) is 40.9 Å². The first-order chi connectivity index (χ1) is 12.5. The Morgan fingerprint density at radius 3 is 2.62 bits per heavy atom. The Morgan fingerprint density at radius 1 is 1.08 bits per heavy atom. The van der Waals surface area contributed by atoms with E-state index < -0.39 is 11.7 Å². The fourth-order valence-electron chi connectivity index (χ4n) is 2.87. The van der Waals surface area contributed by atoms with E-state index in [1.807, 2.05) is 24.3 Å². The second-order valence-electron chi connectivity index (χ2n) is 6.07. The zero-order valence-corrected chi connectivity index (χ0v) is 16.3. The first kappa shape index (κ1) is 18.5. The molecule has 2 aromatic rings. The standard InChI is InChI=1S/C20H20BrNO4/c1-3-4-9-26-17-8-5-13(10-18(17)25-2)12-22-16-7-6-14(21)11-15(16)19(23)20(22)24/h5-8,10-11H,3-4,9,12H2,1-2H3. The summed E-state index contributed by atoms with van der Waals surface area (Å²) in [7, 11) is 1.59. The summed E-state index contributed by atoms with van der Waals surface area (Å²) in [6.07, 6.45) is 2.03. The van der Waals surface area contributed by atoms with Gasteiger partial charge in [-0.2, -0.15) is 0 Å². The van der Waals surface area contributed by atoms with Gasteiger partial charge in [-0.1, -0.05) is 35.3 Å². The van der Waals surface area contributed by atoms with E-state index in [-0.39, 0.29) is 0 Å². The van der Waals surface area contributed by atoms with Crippen molar-refractivity contribution in [3.63, 3.8) is 0 Å². The third-order valence-electron chi connectivity index (χ3n) is 4.26. The van der Waals surface area contributed by atoms with E-state index in [1.165, 1.54) is 4.90 Å². The lowest BCUT2D eigenvalue weighted by molar-refractivity contribution is -0.114. The van der Waals surface area contributed by atoms with Crippen LogP contribution in [-0.4, -0.2) is 25.4 Å². The van der Waals surface area contributed by atoms with Crippen molar-refractivity contribution in [2.75, 3.05) is 18.6 Å². The summed E-state index contributed by atoms with van der Waals surface area (Å²) in [6, 6.07) is 10.9. The van der Waals surface area contributed by atoms with E-state index in [4.69, 9.17) is 9.47 Å². The summed E-state index contributed by atoms with van der Waals surface area (Å²) in [5.41, 5.74) is 1.92. The molecule has 0 saturated heterocycles. The maximum Gasteiger partial charge on any atom is 0.299 e. The predicted octanol–water partition coefficient (Wildman–Crippen LogP) is 4.37. The Kier molecular flexibility index (Phi) is 5.61. The fourth-order valence-corrected chi connectivity index (χ4v) is 3.23. The maximum absolute atomic E-state index is 12.4. The number of hydrogen-bond donors (Lipinski definition) is 0. The average molecular weight is 418 g/mol. The number of ketones is 1. The lowest BCUT2D eigenvalue weighted by Gasteiger charge is -2.18. The van der Waals surface area contributed by atoms with E-state index in [0.29, 0.717) is 35.9 Å². The van der Waals surface area contributed by atoms with Crippen molar-refractivity contribution in [2.24, 2.45) is 0 Å². The molecule has 1 aliphatic heterocycles. The molecule has 0 bridgehead atoms. The molecular weight excluding hydrogens is 398 g/mol. The van der Waals surface area contributed by atoms with Crippen molar-refractivity contribution in [2.45, 2.75) is 26.3 Å². The van der Waals surface area contributed by atoms with Gasteiger partial charge in [-0.25, -0.2) is 0 Å².